The maximum Gasteiger partial charge on any atom is 0.122 e. The topological polar surface area (TPSA) is 18.5 Å². The summed E-state index contributed by atoms with van der Waals surface area (Å²) in [6, 6.07) is 18.2. The van der Waals surface area contributed by atoms with Gasteiger partial charge in [0.1, 0.15) is 19.0 Å². The Kier molecular flexibility index (Phi) is 5.24. The fourth-order valence-corrected chi connectivity index (χ4v) is 1.79. The van der Waals surface area contributed by atoms with E-state index in [4.69, 9.17) is 9.47 Å². The molecule has 0 saturated heterocycles. The number of hydrogen-bond acceptors (Lipinski definition) is 2. The predicted molar refractivity (Wildman–Crippen MR) is 82.7 cm³/mol. The van der Waals surface area contributed by atoms with Crippen LogP contribution in [0.5, 0.6) is 5.75 Å². The van der Waals surface area contributed by atoms with Crippen LogP contribution in [0.25, 0.3) is 5.57 Å². The van der Waals surface area contributed by atoms with Crippen LogP contribution in [0.4, 0.5) is 0 Å². The summed E-state index contributed by atoms with van der Waals surface area (Å²) in [6.07, 6.45) is 1.79. The van der Waals surface area contributed by atoms with Gasteiger partial charge in [0, 0.05) is 0 Å². The number of benzene rings is 2. The summed E-state index contributed by atoms with van der Waals surface area (Å²) in [6.45, 7) is 5.21. The average molecular weight is 268 g/mol. The van der Waals surface area contributed by atoms with E-state index in [0.717, 1.165) is 11.3 Å². The molecule has 0 N–H and O–H groups in total. The van der Waals surface area contributed by atoms with Crippen LogP contribution in [0.1, 0.15) is 18.1 Å². The predicted octanol–water partition coefficient (Wildman–Crippen LogP) is 4.45. The molecule has 0 unspecified atom stereocenters. The first-order valence-corrected chi connectivity index (χ1v) is 6.79. The van der Waals surface area contributed by atoms with Gasteiger partial charge >= 0.3 is 0 Å². The van der Waals surface area contributed by atoms with Crippen molar-refractivity contribution in [2.75, 3.05) is 13.2 Å². The summed E-state index contributed by atoms with van der Waals surface area (Å²) in [5, 5.41) is 0. The quantitative estimate of drug-likeness (QED) is 0.569. The van der Waals surface area contributed by atoms with E-state index in [-0.39, 0.29) is 0 Å². The van der Waals surface area contributed by atoms with Crippen LogP contribution in [-0.4, -0.2) is 13.2 Å². The Morgan fingerprint density at radius 1 is 0.950 bits per heavy atom. The van der Waals surface area contributed by atoms with Gasteiger partial charge in [0.25, 0.3) is 0 Å². The van der Waals surface area contributed by atoms with Gasteiger partial charge in [-0.25, -0.2) is 0 Å². The van der Waals surface area contributed by atoms with Crippen molar-refractivity contribution < 1.29 is 9.47 Å². The molecule has 0 aromatic heterocycles. The van der Waals surface area contributed by atoms with E-state index in [0.29, 0.717) is 13.2 Å². The molecule has 0 saturated carbocycles. The van der Waals surface area contributed by atoms with Crippen molar-refractivity contribution >= 4 is 5.57 Å². The van der Waals surface area contributed by atoms with Crippen LogP contribution >= 0.6 is 0 Å². The standard InChI is InChI=1S/C18H20O2/c1-15-8-10-17(11-9-15)16(2)14-19-12-13-20-18-6-4-3-5-7-18/h3-11,14H,12-13H2,1-2H3. The van der Waals surface area contributed by atoms with Gasteiger partial charge in [-0.1, -0.05) is 48.0 Å². The Hall–Kier alpha value is -2.22. The van der Waals surface area contributed by atoms with Crippen molar-refractivity contribution in [3.8, 4) is 5.75 Å². The minimum absolute atomic E-state index is 0.540. The van der Waals surface area contributed by atoms with Gasteiger partial charge in [-0.3, -0.25) is 0 Å². The highest BCUT2D eigenvalue weighted by Crippen LogP contribution is 2.14. The third-order valence-electron chi connectivity index (χ3n) is 2.98. The number of para-hydroxylation sites is 1. The molecule has 0 spiro atoms. The highest BCUT2D eigenvalue weighted by Gasteiger charge is 1.96. The minimum atomic E-state index is 0.540. The molecule has 2 nitrogen and oxygen atoms in total. The SMILES string of the molecule is CC(=COCCOc1ccccc1)c1ccc(C)cc1. The molecule has 104 valence electrons. The second-order valence-corrected chi connectivity index (χ2v) is 4.70. The molecule has 2 rings (SSSR count). The van der Waals surface area contributed by atoms with E-state index in [9.17, 15) is 0 Å². The lowest BCUT2D eigenvalue weighted by Crippen LogP contribution is -2.03. The second-order valence-electron chi connectivity index (χ2n) is 4.70. The number of aryl methyl sites for hydroxylation is 1. The largest absolute Gasteiger partial charge is 0.497 e. The van der Waals surface area contributed by atoms with Crippen molar-refractivity contribution in [2.45, 2.75) is 13.8 Å². The monoisotopic (exact) mass is 268 g/mol. The van der Waals surface area contributed by atoms with Gasteiger partial charge in [0.15, 0.2) is 0 Å². The fourth-order valence-electron chi connectivity index (χ4n) is 1.79. The Bertz CT molecular complexity index is 541. The van der Waals surface area contributed by atoms with Gasteiger partial charge in [0.2, 0.25) is 0 Å². The molecular weight excluding hydrogens is 248 g/mol. The Labute approximate surface area is 120 Å². The van der Waals surface area contributed by atoms with Gasteiger partial charge in [0.05, 0.1) is 6.26 Å². The van der Waals surface area contributed by atoms with E-state index in [2.05, 4.69) is 31.2 Å². The maximum absolute atomic E-state index is 5.55. The normalized spacial score (nSPS) is 11.2. The maximum atomic E-state index is 5.55. The van der Waals surface area contributed by atoms with Crippen molar-refractivity contribution in [1.29, 1.82) is 0 Å². The first kappa shape index (κ1) is 14.2. The van der Waals surface area contributed by atoms with E-state index >= 15 is 0 Å². The molecule has 0 aliphatic rings. The molecule has 0 aliphatic heterocycles. The first-order chi connectivity index (χ1) is 9.75. The molecule has 2 aromatic rings. The lowest BCUT2D eigenvalue weighted by atomic mass is 10.1. The number of hydrogen-bond donors (Lipinski definition) is 0. The lowest BCUT2D eigenvalue weighted by Gasteiger charge is -2.07. The van der Waals surface area contributed by atoms with E-state index in [1.807, 2.05) is 37.3 Å². The van der Waals surface area contributed by atoms with Gasteiger partial charge < -0.3 is 9.47 Å². The van der Waals surface area contributed by atoms with Crippen LogP contribution in [0, 0.1) is 6.92 Å². The molecule has 2 heteroatoms. The van der Waals surface area contributed by atoms with Crippen LogP contribution in [-0.2, 0) is 4.74 Å². The zero-order valence-corrected chi connectivity index (χ0v) is 12.0. The average Bonchev–Trinajstić information content (AvgIpc) is 2.48. The van der Waals surface area contributed by atoms with Crippen LogP contribution in [0.2, 0.25) is 0 Å². The Morgan fingerprint density at radius 2 is 1.65 bits per heavy atom. The van der Waals surface area contributed by atoms with E-state index in [1.165, 1.54) is 11.1 Å². The third kappa shape index (κ3) is 4.47. The molecule has 0 radical (unpaired) electrons. The van der Waals surface area contributed by atoms with E-state index < -0.39 is 0 Å². The van der Waals surface area contributed by atoms with Crippen LogP contribution in [0.3, 0.4) is 0 Å². The van der Waals surface area contributed by atoms with Crippen molar-refractivity contribution in [3.63, 3.8) is 0 Å². The van der Waals surface area contributed by atoms with Gasteiger partial charge in [-0.2, -0.15) is 0 Å². The third-order valence-corrected chi connectivity index (χ3v) is 2.98. The molecule has 20 heavy (non-hydrogen) atoms. The first-order valence-electron chi connectivity index (χ1n) is 6.79. The lowest BCUT2D eigenvalue weighted by molar-refractivity contribution is 0.179. The molecule has 0 heterocycles. The molecule has 0 bridgehead atoms. The van der Waals surface area contributed by atoms with Crippen LogP contribution in [0.15, 0.2) is 60.9 Å². The summed E-state index contributed by atoms with van der Waals surface area (Å²) in [5.74, 6) is 0.871. The minimum Gasteiger partial charge on any atom is -0.497 e. The zero-order chi connectivity index (χ0) is 14.2. The summed E-state index contributed by atoms with van der Waals surface area (Å²) < 4.78 is 11.1. The summed E-state index contributed by atoms with van der Waals surface area (Å²) in [7, 11) is 0. The Balaban J connectivity index is 1.74. The summed E-state index contributed by atoms with van der Waals surface area (Å²) >= 11 is 0. The molecule has 0 atom stereocenters. The highest BCUT2D eigenvalue weighted by molar-refractivity contribution is 5.62. The molecular formula is C18H20O2. The molecule has 0 fully saturated rings. The highest BCUT2D eigenvalue weighted by atomic mass is 16.5. The number of allylic oxidation sites excluding steroid dienone is 1. The van der Waals surface area contributed by atoms with Gasteiger partial charge in [-0.05, 0) is 37.1 Å². The van der Waals surface area contributed by atoms with Crippen molar-refractivity contribution in [3.05, 3.63) is 72.0 Å². The van der Waals surface area contributed by atoms with Crippen LogP contribution < -0.4 is 4.74 Å². The smallest absolute Gasteiger partial charge is 0.122 e. The van der Waals surface area contributed by atoms with E-state index in [1.54, 1.807) is 6.26 Å². The second kappa shape index (κ2) is 7.39. The number of ether oxygens (including phenoxy) is 2. The number of rotatable bonds is 6. The molecule has 0 aliphatic carbocycles. The fraction of sp³-hybridized carbons (Fsp3) is 0.222. The van der Waals surface area contributed by atoms with Gasteiger partial charge in [-0.15, -0.1) is 0 Å². The van der Waals surface area contributed by atoms with Crippen molar-refractivity contribution in [1.82, 2.24) is 0 Å². The summed E-state index contributed by atoms with van der Waals surface area (Å²) in [5.41, 5.74) is 3.56. The zero-order valence-electron chi connectivity index (χ0n) is 12.0. The Morgan fingerprint density at radius 3 is 2.35 bits per heavy atom. The van der Waals surface area contributed by atoms with Crippen molar-refractivity contribution in [2.24, 2.45) is 0 Å². The molecule has 2 aromatic carbocycles. The summed E-state index contributed by atoms with van der Waals surface area (Å²) in [4.78, 5) is 0. The molecule has 0 amide bonds.